The number of amides is 1. The van der Waals surface area contributed by atoms with E-state index in [-0.39, 0.29) is 5.91 Å². The van der Waals surface area contributed by atoms with Gasteiger partial charge in [0.15, 0.2) is 0 Å². The minimum absolute atomic E-state index is 0.105. The Bertz CT molecular complexity index is 1120. The third-order valence-electron chi connectivity index (χ3n) is 4.52. The summed E-state index contributed by atoms with van der Waals surface area (Å²) in [6.45, 7) is 0.527. The van der Waals surface area contributed by atoms with Crippen LogP contribution >= 0.6 is 0 Å². The van der Waals surface area contributed by atoms with Gasteiger partial charge in [-0.1, -0.05) is 18.2 Å². The second-order valence-corrected chi connectivity index (χ2v) is 6.24. The van der Waals surface area contributed by atoms with Gasteiger partial charge in [-0.2, -0.15) is 5.26 Å². The van der Waals surface area contributed by atoms with E-state index < -0.39 is 0 Å². The average Bonchev–Trinajstić information content (AvgIpc) is 3.37. The molecule has 0 saturated heterocycles. The number of hydrogen-bond donors (Lipinski definition) is 3. The summed E-state index contributed by atoms with van der Waals surface area (Å²) < 4.78 is 0. The van der Waals surface area contributed by atoms with Gasteiger partial charge in [0.05, 0.1) is 23.8 Å². The molecule has 0 aliphatic rings. The van der Waals surface area contributed by atoms with Crippen molar-refractivity contribution in [2.75, 3.05) is 6.54 Å². The van der Waals surface area contributed by atoms with Crippen LogP contribution in [0.1, 0.15) is 21.5 Å². The lowest BCUT2D eigenvalue weighted by Gasteiger charge is -2.07. The number of aromatic amines is 2. The quantitative estimate of drug-likeness (QED) is 0.512. The van der Waals surface area contributed by atoms with Crippen molar-refractivity contribution in [3.05, 3.63) is 77.9 Å². The molecule has 27 heavy (non-hydrogen) atoms. The molecule has 2 aromatic carbocycles. The zero-order chi connectivity index (χ0) is 18.6. The number of H-pyrrole nitrogens is 2. The second-order valence-electron chi connectivity index (χ2n) is 6.24. The lowest BCUT2D eigenvalue weighted by atomic mass is 10.1. The number of carbonyl (C=O) groups excluding carboxylic acids is 1. The highest BCUT2D eigenvalue weighted by molar-refractivity contribution is 5.94. The number of nitriles is 1. The van der Waals surface area contributed by atoms with Crippen LogP contribution in [0.5, 0.6) is 0 Å². The van der Waals surface area contributed by atoms with Gasteiger partial charge in [0.1, 0.15) is 6.07 Å². The van der Waals surface area contributed by atoms with Gasteiger partial charge in [0.2, 0.25) is 0 Å². The van der Waals surface area contributed by atoms with E-state index in [0.717, 1.165) is 27.7 Å². The molecule has 2 aromatic heterocycles. The fourth-order valence-corrected chi connectivity index (χ4v) is 3.05. The molecule has 6 heteroatoms. The number of fused-ring (bicyclic) bond motifs is 1. The molecule has 132 valence electrons. The summed E-state index contributed by atoms with van der Waals surface area (Å²) in [5, 5.41) is 13.0. The number of imidazole rings is 1. The molecule has 1 amide bonds. The third-order valence-corrected chi connectivity index (χ3v) is 4.52. The Morgan fingerprint density at radius 1 is 1.15 bits per heavy atom. The number of hydrogen-bond acceptors (Lipinski definition) is 3. The Balaban J connectivity index is 1.37. The van der Waals surface area contributed by atoms with E-state index in [9.17, 15) is 4.79 Å². The summed E-state index contributed by atoms with van der Waals surface area (Å²) in [5.74, 6) is -0.105. The minimum atomic E-state index is -0.105. The Kier molecular flexibility index (Phi) is 4.42. The van der Waals surface area contributed by atoms with Crippen LogP contribution in [0.15, 0.2) is 61.2 Å². The molecule has 0 fully saturated rings. The molecule has 4 rings (SSSR count). The normalized spacial score (nSPS) is 10.6. The van der Waals surface area contributed by atoms with Crippen molar-refractivity contribution in [3.8, 4) is 17.3 Å². The van der Waals surface area contributed by atoms with Crippen LogP contribution in [0.2, 0.25) is 0 Å². The van der Waals surface area contributed by atoms with Crippen molar-refractivity contribution in [2.45, 2.75) is 6.42 Å². The summed E-state index contributed by atoms with van der Waals surface area (Å²) >= 11 is 0. The Morgan fingerprint density at radius 3 is 2.74 bits per heavy atom. The number of carbonyl (C=O) groups is 1. The van der Waals surface area contributed by atoms with Gasteiger partial charge in [-0.05, 0) is 41.8 Å². The van der Waals surface area contributed by atoms with Crippen LogP contribution in [0.25, 0.3) is 22.2 Å². The molecular weight excluding hydrogens is 338 g/mol. The van der Waals surface area contributed by atoms with Gasteiger partial charge in [-0.3, -0.25) is 4.79 Å². The van der Waals surface area contributed by atoms with Crippen molar-refractivity contribution in [1.29, 1.82) is 5.26 Å². The van der Waals surface area contributed by atoms with Crippen LogP contribution < -0.4 is 5.32 Å². The fourth-order valence-electron chi connectivity index (χ4n) is 3.05. The Labute approximate surface area is 155 Å². The molecule has 3 N–H and O–H groups in total. The SMILES string of the molecule is N#Cc1c[nH]c2ccc(CCNC(=O)c3ccc(-c4cnc[nH]4)cc3)cc12. The smallest absolute Gasteiger partial charge is 0.251 e. The van der Waals surface area contributed by atoms with E-state index in [4.69, 9.17) is 5.26 Å². The van der Waals surface area contributed by atoms with Gasteiger partial charge in [-0.15, -0.1) is 0 Å². The predicted octanol–water partition coefficient (Wildman–Crippen LogP) is 3.40. The molecule has 0 aliphatic carbocycles. The van der Waals surface area contributed by atoms with Gasteiger partial charge in [0.25, 0.3) is 5.91 Å². The Hall–Kier alpha value is -3.85. The molecule has 4 aromatic rings. The predicted molar refractivity (Wildman–Crippen MR) is 103 cm³/mol. The van der Waals surface area contributed by atoms with Gasteiger partial charge >= 0.3 is 0 Å². The molecular formula is C21H17N5O. The lowest BCUT2D eigenvalue weighted by Crippen LogP contribution is -2.25. The number of aromatic nitrogens is 3. The number of nitrogens with zero attached hydrogens (tertiary/aromatic N) is 2. The highest BCUT2D eigenvalue weighted by atomic mass is 16.1. The second kappa shape index (κ2) is 7.18. The first-order chi connectivity index (χ1) is 13.2. The third kappa shape index (κ3) is 3.44. The first kappa shape index (κ1) is 16.6. The maximum absolute atomic E-state index is 12.3. The molecule has 0 spiro atoms. The molecule has 0 unspecified atom stereocenters. The average molecular weight is 355 g/mol. The van der Waals surface area contributed by atoms with Crippen LogP contribution in [0.4, 0.5) is 0 Å². The van der Waals surface area contributed by atoms with E-state index in [1.165, 1.54) is 0 Å². The van der Waals surface area contributed by atoms with Crippen molar-refractivity contribution >= 4 is 16.8 Å². The first-order valence-electron chi connectivity index (χ1n) is 8.62. The maximum Gasteiger partial charge on any atom is 0.251 e. The number of nitrogens with one attached hydrogen (secondary N) is 3. The zero-order valence-corrected chi connectivity index (χ0v) is 14.5. The summed E-state index contributed by atoms with van der Waals surface area (Å²) in [4.78, 5) is 22.4. The van der Waals surface area contributed by atoms with Crippen molar-refractivity contribution in [3.63, 3.8) is 0 Å². The summed E-state index contributed by atoms with van der Waals surface area (Å²) in [6.07, 6.45) is 5.78. The van der Waals surface area contributed by atoms with Gasteiger partial charge in [-0.25, -0.2) is 4.98 Å². The van der Waals surface area contributed by atoms with Crippen LogP contribution in [0, 0.1) is 11.3 Å². The zero-order valence-electron chi connectivity index (χ0n) is 14.5. The van der Waals surface area contributed by atoms with E-state index >= 15 is 0 Å². The molecule has 0 aliphatic heterocycles. The fraction of sp³-hybridized carbons (Fsp3) is 0.0952. The van der Waals surface area contributed by atoms with Crippen molar-refractivity contribution in [1.82, 2.24) is 20.3 Å². The van der Waals surface area contributed by atoms with Gasteiger partial charge < -0.3 is 15.3 Å². The summed E-state index contributed by atoms with van der Waals surface area (Å²) in [7, 11) is 0. The van der Waals surface area contributed by atoms with E-state index in [0.29, 0.717) is 24.1 Å². The minimum Gasteiger partial charge on any atom is -0.360 e. The monoisotopic (exact) mass is 355 g/mol. The molecule has 0 saturated carbocycles. The molecule has 2 heterocycles. The topological polar surface area (TPSA) is 97.4 Å². The van der Waals surface area contributed by atoms with E-state index in [2.05, 4.69) is 26.3 Å². The van der Waals surface area contributed by atoms with Crippen molar-refractivity contribution in [2.24, 2.45) is 0 Å². The highest BCUT2D eigenvalue weighted by Gasteiger charge is 2.07. The number of rotatable bonds is 5. The van der Waals surface area contributed by atoms with E-state index in [1.807, 2.05) is 30.3 Å². The van der Waals surface area contributed by atoms with E-state index in [1.54, 1.807) is 30.9 Å². The molecule has 0 atom stereocenters. The van der Waals surface area contributed by atoms with Crippen LogP contribution in [0.3, 0.4) is 0 Å². The maximum atomic E-state index is 12.3. The van der Waals surface area contributed by atoms with Crippen LogP contribution in [-0.4, -0.2) is 27.4 Å². The number of benzene rings is 2. The first-order valence-corrected chi connectivity index (χ1v) is 8.62. The van der Waals surface area contributed by atoms with Crippen molar-refractivity contribution < 1.29 is 4.79 Å². The summed E-state index contributed by atoms with van der Waals surface area (Å²) in [5.41, 5.74) is 5.17. The molecule has 0 bridgehead atoms. The molecule has 0 radical (unpaired) electrons. The molecule has 6 nitrogen and oxygen atoms in total. The largest absolute Gasteiger partial charge is 0.360 e. The van der Waals surface area contributed by atoms with Gasteiger partial charge in [0, 0.05) is 29.2 Å². The van der Waals surface area contributed by atoms with Crippen LogP contribution in [-0.2, 0) is 6.42 Å². The highest BCUT2D eigenvalue weighted by Crippen LogP contribution is 2.19. The Morgan fingerprint density at radius 2 is 2.00 bits per heavy atom. The standard InChI is InChI=1S/C21H17N5O/c22-10-17-11-25-19-6-1-14(9-18(17)19)7-8-24-21(27)16-4-2-15(3-5-16)20-12-23-13-26-20/h1-6,9,11-13,25H,7-8H2,(H,23,26)(H,24,27). The lowest BCUT2D eigenvalue weighted by molar-refractivity contribution is 0.0954. The summed E-state index contributed by atoms with van der Waals surface area (Å²) in [6, 6.07) is 15.5.